The van der Waals surface area contributed by atoms with Gasteiger partial charge in [0.15, 0.2) is 0 Å². The molecule has 174 valence electrons. The molecule has 1 unspecified atom stereocenters. The van der Waals surface area contributed by atoms with Gasteiger partial charge in [-0.25, -0.2) is 15.0 Å². The summed E-state index contributed by atoms with van der Waals surface area (Å²) >= 11 is 1.16. The van der Waals surface area contributed by atoms with Gasteiger partial charge in [0.2, 0.25) is 5.95 Å². The summed E-state index contributed by atoms with van der Waals surface area (Å²) in [6.07, 6.45) is 7.96. The van der Waals surface area contributed by atoms with E-state index < -0.39 is 16.7 Å². The van der Waals surface area contributed by atoms with Gasteiger partial charge in [0.25, 0.3) is 11.8 Å². The van der Waals surface area contributed by atoms with Gasteiger partial charge < -0.3 is 15.4 Å². The van der Waals surface area contributed by atoms with Crippen LogP contribution in [0.1, 0.15) is 20.0 Å². The number of amides is 2. The molecule has 0 spiro atoms. The molecule has 0 bridgehead atoms. The number of morpholine rings is 1. The van der Waals surface area contributed by atoms with Gasteiger partial charge in [0, 0.05) is 54.4 Å². The molecule has 1 aliphatic rings. The van der Waals surface area contributed by atoms with E-state index in [-0.39, 0.29) is 5.91 Å². The lowest BCUT2D eigenvalue weighted by atomic mass is 10.1. The van der Waals surface area contributed by atoms with Crippen molar-refractivity contribution in [3.05, 3.63) is 53.4 Å². The third-order valence-corrected chi connectivity index (χ3v) is 7.48. The van der Waals surface area contributed by atoms with E-state index in [1.807, 2.05) is 6.07 Å². The van der Waals surface area contributed by atoms with Gasteiger partial charge in [0.1, 0.15) is 9.88 Å². The van der Waals surface area contributed by atoms with Crippen LogP contribution in [0.2, 0.25) is 0 Å². The van der Waals surface area contributed by atoms with Crippen LogP contribution in [0.4, 0.5) is 0 Å². The molecule has 0 aliphatic carbocycles. The minimum Gasteiger partial charge on any atom is -0.378 e. The Hall–Kier alpha value is -3.48. The first kappa shape index (κ1) is 22.3. The molecular formula is C22H20N6O4S2. The zero-order chi connectivity index (χ0) is 23.8. The number of thiazole rings is 1. The molecule has 1 aromatic carbocycles. The normalized spacial score (nSPS) is 14.9. The van der Waals surface area contributed by atoms with Crippen molar-refractivity contribution < 1.29 is 18.5 Å². The molecule has 1 fully saturated rings. The number of carbonyl (C=O) groups excluding carboxylic acids is 2. The summed E-state index contributed by atoms with van der Waals surface area (Å²) < 4.78 is 19.5. The average Bonchev–Trinajstić information content (AvgIpc) is 3.50. The van der Waals surface area contributed by atoms with E-state index in [1.165, 1.54) is 6.20 Å². The average molecular weight is 497 g/mol. The Morgan fingerprint density at radius 2 is 1.85 bits per heavy atom. The summed E-state index contributed by atoms with van der Waals surface area (Å²) in [6, 6.07) is 5.34. The highest BCUT2D eigenvalue weighted by Gasteiger charge is 2.21. The zero-order valence-electron chi connectivity index (χ0n) is 18.1. The van der Waals surface area contributed by atoms with E-state index in [1.54, 1.807) is 46.4 Å². The summed E-state index contributed by atoms with van der Waals surface area (Å²) in [5, 5.41) is 1.34. The van der Waals surface area contributed by atoms with Crippen LogP contribution < -0.4 is 5.73 Å². The monoisotopic (exact) mass is 496 g/mol. The first-order valence-electron chi connectivity index (χ1n) is 10.4. The Labute approximate surface area is 200 Å². The molecule has 4 heterocycles. The smallest absolute Gasteiger partial charge is 0.260 e. The van der Waals surface area contributed by atoms with Crippen LogP contribution in [0.5, 0.6) is 0 Å². The van der Waals surface area contributed by atoms with Crippen molar-refractivity contribution in [3.8, 4) is 16.5 Å². The fourth-order valence-electron chi connectivity index (χ4n) is 3.75. The van der Waals surface area contributed by atoms with Crippen molar-refractivity contribution in [1.29, 1.82) is 0 Å². The number of hydrogen-bond acceptors (Lipinski definition) is 8. The number of fused-ring (bicyclic) bond motifs is 1. The van der Waals surface area contributed by atoms with Crippen LogP contribution in [-0.4, -0.2) is 73.0 Å². The third kappa shape index (κ3) is 4.11. The first-order chi connectivity index (χ1) is 16.4. The number of hydrogen-bond donors (Lipinski definition) is 1. The minimum atomic E-state index is -1.25. The second-order valence-electron chi connectivity index (χ2n) is 7.62. The van der Waals surface area contributed by atoms with E-state index in [0.717, 1.165) is 16.7 Å². The molecule has 1 saturated heterocycles. The topological polar surface area (TPSA) is 133 Å². The Kier molecular flexibility index (Phi) is 5.94. The third-order valence-electron chi connectivity index (χ3n) is 5.47. The maximum atomic E-state index is 13.0. The van der Waals surface area contributed by atoms with Gasteiger partial charge in [-0.1, -0.05) is 6.07 Å². The van der Waals surface area contributed by atoms with Crippen molar-refractivity contribution in [1.82, 2.24) is 24.4 Å². The number of ether oxygens (including phenoxy) is 1. The zero-order valence-corrected chi connectivity index (χ0v) is 19.8. The van der Waals surface area contributed by atoms with Crippen molar-refractivity contribution in [2.75, 3.05) is 32.6 Å². The molecule has 3 aromatic heterocycles. The summed E-state index contributed by atoms with van der Waals surface area (Å²) in [4.78, 5) is 40.2. The van der Waals surface area contributed by atoms with Crippen LogP contribution >= 0.6 is 11.3 Å². The summed E-state index contributed by atoms with van der Waals surface area (Å²) in [5.41, 5.74) is 7.15. The second-order valence-corrected chi connectivity index (χ2v) is 10.00. The summed E-state index contributed by atoms with van der Waals surface area (Å²) in [7, 11) is -1.25. The van der Waals surface area contributed by atoms with Gasteiger partial charge >= 0.3 is 0 Å². The van der Waals surface area contributed by atoms with Gasteiger partial charge in [-0.2, -0.15) is 0 Å². The summed E-state index contributed by atoms with van der Waals surface area (Å²) in [5.74, 6) is -0.266. The first-order valence-corrected chi connectivity index (χ1v) is 12.7. The molecular weight excluding hydrogens is 476 g/mol. The Morgan fingerprint density at radius 1 is 1.12 bits per heavy atom. The molecule has 1 aliphatic heterocycles. The number of nitrogens with zero attached hydrogens (tertiary/aromatic N) is 5. The van der Waals surface area contributed by atoms with Gasteiger partial charge in [0.05, 0.1) is 40.6 Å². The lowest BCUT2D eigenvalue weighted by Gasteiger charge is -2.26. The lowest BCUT2D eigenvalue weighted by Crippen LogP contribution is -2.40. The Morgan fingerprint density at radius 3 is 2.50 bits per heavy atom. The molecule has 34 heavy (non-hydrogen) atoms. The van der Waals surface area contributed by atoms with E-state index in [4.69, 9.17) is 10.5 Å². The molecule has 10 nitrogen and oxygen atoms in total. The van der Waals surface area contributed by atoms with Crippen LogP contribution in [0.25, 0.3) is 27.4 Å². The molecule has 5 rings (SSSR count). The van der Waals surface area contributed by atoms with Gasteiger partial charge in [-0.15, -0.1) is 11.3 Å². The number of aromatic nitrogens is 4. The fourth-order valence-corrected chi connectivity index (χ4v) is 5.23. The highest BCUT2D eigenvalue weighted by Crippen LogP contribution is 2.29. The number of nitrogens with two attached hydrogens (primary N) is 1. The Bertz CT molecular complexity index is 1420. The quantitative estimate of drug-likeness (QED) is 0.446. The van der Waals surface area contributed by atoms with Crippen LogP contribution in [0.15, 0.2) is 47.9 Å². The SMILES string of the molecule is CS(=O)c1cn(-c2ncc(-c3ncc(C(N)=O)s3)cn2)c2cc(C(=O)N3CCOCC3)ccc12. The largest absolute Gasteiger partial charge is 0.378 e. The van der Waals surface area contributed by atoms with Gasteiger partial charge in [-0.05, 0) is 12.1 Å². The number of rotatable bonds is 5. The summed E-state index contributed by atoms with van der Waals surface area (Å²) in [6.45, 7) is 2.12. The number of benzene rings is 1. The highest BCUT2D eigenvalue weighted by molar-refractivity contribution is 7.84. The fraction of sp³-hybridized carbons (Fsp3) is 0.227. The van der Waals surface area contributed by atoms with Crippen LogP contribution in [-0.2, 0) is 15.5 Å². The molecule has 12 heteroatoms. The molecule has 0 radical (unpaired) electrons. The van der Waals surface area contributed by atoms with Crippen molar-refractivity contribution in [2.24, 2.45) is 5.73 Å². The van der Waals surface area contributed by atoms with E-state index in [2.05, 4.69) is 15.0 Å². The number of primary amides is 1. The minimum absolute atomic E-state index is 0.0811. The maximum absolute atomic E-state index is 13.0. The second kappa shape index (κ2) is 9.05. The lowest BCUT2D eigenvalue weighted by molar-refractivity contribution is 0.0303. The highest BCUT2D eigenvalue weighted by atomic mass is 32.2. The molecule has 1 atom stereocenters. The molecule has 2 N–H and O–H groups in total. The predicted molar refractivity (Wildman–Crippen MR) is 128 cm³/mol. The van der Waals surface area contributed by atoms with Crippen LogP contribution in [0.3, 0.4) is 0 Å². The van der Waals surface area contributed by atoms with Crippen molar-refractivity contribution >= 4 is 44.9 Å². The standard InChI is InChI=1S/C22H20N6O4S2/c1-34(31)18-12-28(22-25-9-14(10-26-22)20-24-11-17(33-20)19(23)29)16-8-13(2-3-15(16)18)21(30)27-4-6-32-7-5-27/h2-3,8-12H,4-7H2,1H3,(H2,23,29). The van der Waals surface area contributed by atoms with E-state index >= 15 is 0 Å². The van der Waals surface area contributed by atoms with Crippen molar-refractivity contribution in [3.63, 3.8) is 0 Å². The van der Waals surface area contributed by atoms with Crippen LogP contribution in [0, 0.1) is 0 Å². The van der Waals surface area contributed by atoms with Gasteiger partial charge in [-0.3, -0.25) is 18.4 Å². The van der Waals surface area contributed by atoms with Crippen molar-refractivity contribution in [2.45, 2.75) is 4.90 Å². The molecule has 0 saturated carbocycles. The predicted octanol–water partition coefficient (Wildman–Crippen LogP) is 1.85. The number of carbonyl (C=O) groups is 2. The molecule has 4 aromatic rings. The van der Waals surface area contributed by atoms with E-state index in [9.17, 15) is 13.8 Å². The van der Waals surface area contributed by atoms with E-state index in [0.29, 0.717) is 63.7 Å². The Balaban J connectivity index is 1.54. The maximum Gasteiger partial charge on any atom is 0.260 e. The molecule has 2 amide bonds.